The predicted octanol–water partition coefficient (Wildman–Crippen LogP) is 1.82. The van der Waals surface area contributed by atoms with Crippen LogP contribution in [0.5, 0.6) is 0 Å². The third-order valence-corrected chi connectivity index (χ3v) is 5.96. The maximum Gasteiger partial charge on any atom is 0.475 e. The first-order valence-corrected chi connectivity index (χ1v) is 12.7. The molecule has 1 saturated heterocycles. The zero-order chi connectivity index (χ0) is 27.8. The van der Waals surface area contributed by atoms with Crippen LogP contribution >= 0.6 is 0 Å². The van der Waals surface area contributed by atoms with Crippen molar-refractivity contribution < 1.29 is 33.9 Å². The predicted molar refractivity (Wildman–Crippen MR) is 144 cm³/mol. The third-order valence-electron chi connectivity index (χ3n) is 5.96. The number of methoxy groups -OCH3 is 1. The van der Waals surface area contributed by atoms with Gasteiger partial charge in [-0.2, -0.15) is 0 Å². The average molecular weight is 527 g/mol. The van der Waals surface area contributed by atoms with Crippen LogP contribution < -0.4 is 10.6 Å². The lowest BCUT2D eigenvalue weighted by atomic mass is 9.76. The Kier molecular flexibility index (Phi) is 13.9. The highest BCUT2D eigenvalue weighted by molar-refractivity contribution is 6.43. The number of hydrogen-bond acceptors (Lipinski definition) is 7. The summed E-state index contributed by atoms with van der Waals surface area (Å²) < 4.78 is 10.0. The molecule has 2 atom stereocenters. The summed E-state index contributed by atoms with van der Waals surface area (Å²) in [6, 6.07) is 18.7. The fourth-order valence-corrected chi connectivity index (χ4v) is 3.92. The Morgan fingerprint density at radius 3 is 2.32 bits per heavy atom. The first-order chi connectivity index (χ1) is 18.3. The molecule has 2 aromatic carbocycles. The van der Waals surface area contributed by atoms with Crippen LogP contribution in [0.4, 0.5) is 4.79 Å². The second kappa shape index (κ2) is 17.2. The van der Waals surface area contributed by atoms with Crippen molar-refractivity contribution in [2.45, 2.75) is 51.2 Å². The molecule has 0 aromatic heterocycles. The van der Waals surface area contributed by atoms with E-state index in [1.54, 1.807) is 0 Å². The van der Waals surface area contributed by atoms with Gasteiger partial charge >= 0.3 is 13.2 Å². The molecule has 0 bridgehead atoms. The van der Waals surface area contributed by atoms with E-state index in [9.17, 15) is 24.4 Å². The van der Waals surface area contributed by atoms with E-state index in [1.165, 1.54) is 17.6 Å². The van der Waals surface area contributed by atoms with E-state index in [2.05, 4.69) is 29.7 Å². The van der Waals surface area contributed by atoms with Gasteiger partial charge in [0.05, 0.1) is 5.94 Å². The van der Waals surface area contributed by atoms with Gasteiger partial charge in [0.2, 0.25) is 11.8 Å². The summed E-state index contributed by atoms with van der Waals surface area (Å²) in [6.07, 6.45) is 1.24. The van der Waals surface area contributed by atoms with Crippen LogP contribution in [0.15, 0.2) is 60.7 Å². The number of carbonyl (C=O) groups excluding carboxylic acids is 3. The SMILES string of the molecule is COCCCC(NC(=O)C1CCCN1C(=O)CNC(=O)OCc1ccccc1)B(O)O.Cc1ccccc1. The molecule has 0 saturated carbocycles. The monoisotopic (exact) mass is 527 g/mol. The standard InChI is InChI=1S/C20H30BN3O7.C7H8/c1-30-12-6-10-17(21(28)29)23-19(26)16-9-5-11-24(16)18(25)13-22-20(27)31-14-15-7-3-2-4-8-15;1-7-5-3-2-4-6-7/h2-4,7-8,16-17,28-29H,5-6,9-14H2,1H3,(H,22,27)(H,23,26);2-6H,1H3. The van der Waals surface area contributed by atoms with Crippen LogP contribution in [0.2, 0.25) is 0 Å². The third kappa shape index (κ3) is 11.3. The highest BCUT2D eigenvalue weighted by atomic mass is 16.5. The first-order valence-electron chi connectivity index (χ1n) is 12.7. The van der Waals surface area contributed by atoms with Gasteiger partial charge in [-0.15, -0.1) is 0 Å². The van der Waals surface area contributed by atoms with Crippen LogP contribution in [-0.4, -0.2) is 78.8 Å². The number of likely N-dealkylation sites (tertiary alicyclic amines) is 1. The molecule has 0 aliphatic carbocycles. The minimum absolute atomic E-state index is 0.0869. The zero-order valence-electron chi connectivity index (χ0n) is 22.0. The lowest BCUT2D eigenvalue weighted by Gasteiger charge is -2.26. The van der Waals surface area contributed by atoms with Gasteiger partial charge in [-0.05, 0) is 38.2 Å². The Morgan fingerprint density at radius 1 is 1.08 bits per heavy atom. The van der Waals surface area contributed by atoms with Crippen molar-refractivity contribution in [3.05, 3.63) is 71.8 Å². The molecule has 1 aliphatic heterocycles. The van der Waals surface area contributed by atoms with Gasteiger partial charge in [0.25, 0.3) is 0 Å². The number of aryl methyl sites for hydroxylation is 1. The molecule has 2 aromatic rings. The molecule has 2 unspecified atom stereocenters. The molecule has 0 radical (unpaired) electrons. The minimum Gasteiger partial charge on any atom is -0.445 e. The molecule has 1 fully saturated rings. The summed E-state index contributed by atoms with van der Waals surface area (Å²) in [6.45, 7) is 2.69. The van der Waals surface area contributed by atoms with Gasteiger partial charge in [-0.1, -0.05) is 66.2 Å². The number of amides is 3. The lowest BCUT2D eigenvalue weighted by Crippen LogP contribution is -2.54. The van der Waals surface area contributed by atoms with E-state index < -0.39 is 37.0 Å². The Hall–Kier alpha value is -3.41. The van der Waals surface area contributed by atoms with Crippen LogP contribution in [0.1, 0.15) is 36.8 Å². The summed E-state index contributed by atoms with van der Waals surface area (Å²) >= 11 is 0. The van der Waals surface area contributed by atoms with E-state index in [1.807, 2.05) is 48.5 Å². The number of rotatable bonds is 11. The van der Waals surface area contributed by atoms with Crippen LogP contribution in [-0.2, 0) is 25.7 Å². The Balaban J connectivity index is 0.000000624. The highest BCUT2D eigenvalue weighted by Gasteiger charge is 2.36. The molecule has 1 heterocycles. The van der Waals surface area contributed by atoms with Gasteiger partial charge in [-0.3, -0.25) is 9.59 Å². The number of benzene rings is 2. The summed E-state index contributed by atoms with van der Waals surface area (Å²) in [5.41, 5.74) is 2.15. The molecule has 38 heavy (non-hydrogen) atoms. The number of nitrogens with one attached hydrogen (secondary N) is 2. The van der Waals surface area contributed by atoms with Crippen molar-refractivity contribution in [3.63, 3.8) is 0 Å². The highest BCUT2D eigenvalue weighted by Crippen LogP contribution is 2.18. The molecule has 1 aliphatic rings. The van der Waals surface area contributed by atoms with E-state index >= 15 is 0 Å². The Morgan fingerprint density at radius 2 is 1.74 bits per heavy atom. The lowest BCUT2D eigenvalue weighted by molar-refractivity contribution is -0.137. The van der Waals surface area contributed by atoms with Crippen molar-refractivity contribution in [1.82, 2.24) is 15.5 Å². The van der Waals surface area contributed by atoms with Crippen molar-refractivity contribution in [3.8, 4) is 0 Å². The maximum absolute atomic E-state index is 12.6. The Bertz CT molecular complexity index is 979. The number of hydrogen-bond donors (Lipinski definition) is 4. The van der Waals surface area contributed by atoms with Crippen LogP contribution in [0.3, 0.4) is 0 Å². The van der Waals surface area contributed by atoms with Crippen molar-refractivity contribution in [2.75, 3.05) is 26.8 Å². The zero-order valence-corrected chi connectivity index (χ0v) is 22.0. The molecule has 4 N–H and O–H groups in total. The number of alkyl carbamates (subject to hydrolysis) is 1. The largest absolute Gasteiger partial charge is 0.475 e. The van der Waals surface area contributed by atoms with Crippen molar-refractivity contribution >= 4 is 25.0 Å². The van der Waals surface area contributed by atoms with Gasteiger partial charge in [-0.25, -0.2) is 4.79 Å². The summed E-state index contributed by atoms with van der Waals surface area (Å²) in [5.74, 6) is -1.71. The second-order valence-corrected chi connectivity index (χ2v) is 8.98. The molecule has 3 rings (SSSR count). The molecular weight excluding hydrogens is 489 g/mol. The molecule has 10 nitrogen and oxygen atoms in total. The summed E-state index contributed by atoms with van der Waals surface area (Å²) in [7, 11) is -0.177. The van der Waals surface area contributed by atoms with Gasteiger partial charge in [0, 0.05) is 20.3 Å². The quantitative estimate of drug-likeness (QED) is 0.259. The number of carbonyl (C=O) groups is 3. The van der Waals surface area contributed by atoms with Crippen LogP contribution in [0, 0.1) is 6.92 Å². The van der Waals surface area contributed by atoms with Crippen molar-refractivity contribution in [1.29, 1.82) is 0 Å². The van der Waals surface area contributed by atoms with E-state index in [0.29, 0.717) is 38.8 Å². The molecule has 3 amide bonds. The van der Waals surface area contributed by atoms with Crippen LogP contribution in [0.25, 0.3) is 0 Å². The fourth-order valence-electron chi connectivity index (χ4n) is 3.92. The van der Waals surface area contributed by atoms with Gasteiger partial charge in [0.1, 0.15) is 19.2 Å². The van der Waals surface area contributed by atoms with E-state index in [4.69, 9.17) is 9.47 Å². The number of ether oxygens (including phenoxy) is 2. The van der Waals surface area contributed by atoms with Gasteiger partial charge in [0.15, 0.2) is 0 Å². The molecule has 0 spiro atoms. The summed E-state index contributed by atoms with van der Waals surface area (Å²) in [5, 5.41) is 24.0. The van der Waals surface area contributed by atoms with Crippen molar-refractivity contribution in [2.24, 2.45) is 0 Å². The first kappa shape index (κ1) is 30.8. The average Bonchev–Trinajstić information content (AvgIpc) is 3.42. The van der Waals surface area contributed by atoms with Gasteiger partial charge < -0.3 is 35.1 Å². The molecule has 11 heteroatoms. The Labute approximate surface area is 224 Å². The molecule has 206 valence electrons. The topological polar surface area (TPSA) is 137 Å². The normalized spacial score (nSPS) is 15.1. The maximum atomic E-state index is 12.6. The smallest absolute Gasteiger partial charge is 0.445 e. The summed E-state index contributed by atoms with van der Waals surface area (Å²) in [4.78, 5) is 38.4. The minimum atomic E-state index is -1.72. The van der Waals surface area contributed by atoms with E-state index in [0.717, 1.165) is 5.56 Å². The number of nitrogens with zero attached hydrogens (tertiary/aromatic N) is 1. The van der Waals surface area contributed by atoms with E-state index in [-0.39, 0.29) is 13.2 Å². The second-order valence-electron chi connectivity index (χ2n) is 8.98. The molecular formula is C27H38BN3O7. The fraction of sp³-hybridized carbons (Fsp3) is 0.444.